The van der Waals surface area contributed by atoms with Crippen LogP contribution >= 0.6 is 11.3 Å². The summed E-state index contributed by atoms with van der Waals surface area (Å²) >= 11 is 1.79. The lowest BCUT2D eigenvalue weighted by atomic mass is 9.97. The van der Waals surface area contributed by atoms with Gasteiger partial charge in [0.15, 0.2) is 11.5 Å². The number of rotatable bonds is 8. The fraction of sp³-hybridized carbons (Fsp3) is 0.417. The second-order valence-corrected chi connectivity index (χ2v) is 8.57. The number of piperidine rings is 1. The van der Waals surface area contributed by atoms with Crippen molar-refractivity contribution in [3.05, 3.63) is 53.5 Å². The number of amides is 1. The van der Waals surface area contributed by atoms with E-state index in [0.29, 0.717) is 32.0 Å². The number of nitrogens with zero attached hydrogens (tertiary/aromatic N) is 2. The van der Waals surface area contributed by atoms with Crippen LogP contribution in [0.2, 0.25) is 0 Å². The highest BCUT2D eigenvalue weighted by molar-refractivity contribution is 7.18. The molecule has 0 N–H and O–H groups in total. The summed E-state index contributed by atoms with van der Waals surface area (Å²) in [6, 6.07) is 16.0. The summed E-state index contributed by atoms with van der Waals surface area (Å²) in [5.74, 6) is 2.18. The highest BCUT2D eigenvalue weighted by atomic mass is 32.1. The summed E-state index contributed by atoms with van der Waals surface area (Å²) in [6.07, 6.45) is 3.20. The first-order valence-electron chi connectivity index (χ1n) is 10.7. The maximum absolute atomic E-state index is 12.6. The maximum atomic E-state index is 12.6. The third kappa shape index (κ3) is 4.93. The molecule has 1 saturated heterocycles. The van der Waals surface area contributed by atoms with E-state index in [1.807, 2.05) is 42.2 Å². The first-order valence-corrected chi connectivity index (χ1v) is 11.5. The third-order valence-corrected chi connectivity index (χ3v) is 6.65. The van der Waals surface area contributed by atoms with Gasteiger partial charge in [-0.2, -0.15) is 0 Å². The molecule has 1 aliphatic heterocycles. The van der Waals surface area contributed by atoms with Gasteiger partial charge in [-0.05, 0) is 50.5 Å². The van der Waals surface area contributed by atoms with E-state index < -0.39 is 0 Å². The van der Waals surface area contributed by atoms with Gasteiger partial charge in [0.25, 0.3) is 0 Å². The molecule has 0 aliphatic carbocycles. The standard InChI is InChI=1S/C24H28N2O3S/c1-2-28-20-9-4-5-10-21(20)29-17-7-12-23(27)26-15-13-18(14-16-26)24-25-19-8-3-6-11-22(19)30-24/h3-6,8-11,18H,2,7,12-17H2,1H3. The van der Waals surface area contributed by atoms with E-state index in [1.165, 1.54) is 9.71 Å². The van der Waals surface area contributed by atoms with Crippen LogP contribution in [0.5, 0.6) is 11.5 Å². The molecule has 6 heteroatoms. The molecule has 158 valence electrons. The zero-order valence-corrected chi connectivity index (χ0v) is 18.2. The van der Waals surface area contributed by atoms with Crippen LogP contribution in [0, 0.1) is 0 Å². The topological polar surface area (TPSA) is 51.7 Å². The number of fused-ring (bicyclic) bond motifs is 1. The van der Waals surface area contributed by atoms with Crippen molar-refractivity contribution in [1.82, 2.24) is 9.88 Å². The van der Waals surface area contributed by atoms with E-state index >= 15 is 0 Å². The lowest BCUT2D eigenvalue weighted by Crippen LogP contribution is -2.37. The second kappa shape index (κ2) is 9.94. The number of carbonyl (C=O) groups excluding carboxylic acids is 1. The molecule has 1 aromatic heterocycles. The third-order valence-electron chi connectivity index (χ3n) is 5.45. The number of aromatic nitrogens is 1. The minimum atomic E-state index is 0.222. The van der Waals surface area contributed by atoms with Crippen LogP contribution in [0.25, 0.3) is 10.2 Å². The molecule has 0 radical (unpaired) electrons. The Morgan fingerprint density at radius 1 is 1.07 bits per heavy atom. The molecule has 0 saturated carbocycles. The molecule has 3 aromatic rings. The Bertz CT molecular complexity index is 946. The molecule has 0 atom stereocenters. The summed E-state index contributed by atoms with van der Waals surface area (Å²) in [4.78, 5) is 19.4. The highest BCUT2D eigenvalue weighted by Crippen LogP contribution is 2.34. The summed E-state index contributed by atoms with van der Waals surface area (Å²) in [5.41, 5.74) is 1.09. The number of ether oxygens (including phenoxy) is 2. The van der Waals surface area contributed by atoms with Gasteiger partial charge in [0.2, 0.25) is 5.91 Å². The van der Waals surface area contributed by atoms with E-state index in [2.05, 4.69) is 18.2 Å². The van der Waals surface area contributed by atoms with Gasteiger partial charge < -0.3 is 14.4 Å². The summed E-state index contributed by atoms with van der Waals surface area (Å²) in [7, 11) is 0. The van der Waals surface area contributed by atoms with E-state index in [-0.39, 0.29) is 5.91 Å². The average molecular weight is 425 g/mol. The molecule has 2 heterocycles. The van der Waals surface area contributed by atoms with E-state index in [9.17, 15) is 4.79 Å². The average Bonchev–Trinajstić information content (AvgIpc) is 3.22. The summed E-state index contributed by atoms with van der Waals surface area (Å²) in [6.45, 7) is 4.69. The number of thiazole rings is 1. The van der Waals surface area contributed by atoms with Crippen LogP contribution in [-0.4, -0.2) is 42.1 Å². The highest BCUT2D eigenvalue weighted by Gasteiger charge is 2.25. The van der Waals surface area contributed by atoms with Gasteiger partial charge in [-0.15, -0.1) is 11.3 Å². The quantitative estimate of drug-likeness (QED) is 0.463. The predicted octanol–water partition coefficient (Wildman–Crippen LogP) is 5.26. The second-order valence-electron chi connectivity index (χ2n) is 7.51. The lowest BCUT2D eigenvalue weighted by Gasteiger charge is -2.31. The molecule has 1 amide bonds. The minimum absolute atomic E-state index is 0.222. The fourth-order valence-electron chi connectivity index (χ4n) is 3.85. The minimum Gasteiger partial charge on any atom is -0.490 e. The predicted molar refractivity (Wildman–Crippen MR) is 121 cm³/mol. The maximum Gasteiger partial charge on any atom is 0.222 e. The van der Waals surface area contributed by atoms with Crippen molar-refractivity contribution in [2.75, 3.05) is 26.3 Å². The zero-order chi connectivity index (χ0) is 20.8. The van der Waals surface area contributed by atoms with Crippen LogP contribution in [-0.2, 0) is 4.79 Å². The molecule has 4 rings (SSSR count). The monoisotopic (exact) mass is 424 g/mol. The van der Waals surface area contributed by atoms with Crippen molar-refractivity contribution < 1.29 is 14.3 Å². The van der Waals surface area contributed by atoms with Crippen LogP contribution < -0.4 is 9.47 Å². The molecular weight excluding hydrogens is 396 g/mol. The number of hydrogen-bond donors (Lipinski definition) is 0. The molecule has 30 heavy (non-hydrogen) atoms. The molecule has 1 fully saturated rings. The molecule has 5 nitrogen and oxygen atoms in total. The smallest absolute Gasteiger partial charge is 0.222 e. The van der Waals surface area contributed by atoms with Gasteiger partial charge in [0, 0.05) is 25.4 Å². The Labute approximate surface area is 181 Å². The number of likely N-dealkylation sites (tertiary alicyclic amines) is 1. The fourth-order valence-corrected chi connectivity index (χ4v) is 4.98. The Kier molecular flexibility index (Phi) is 6.84. The molecular formula is C24H28N2O3S. The number of carbonyl (C=O) groups is 1. The Balaban J connectivity index is 1.21. The molecule has 0 spiro atoms. The summed E-state index contributed by atoms with van der Waals surface area (Å²) in [5, 5.41) is 1.21. The van der Waals surface area contributed by atoms with Crippen molar-refractivity contribution in [1.29, 1.82) is 0 Å². The number of benzene rings is 2. The van der Waals surface area contributed by atoms with Gasteiger partial charge >= 0.3 is 0 Å². The normalized spacial score (nSPS) is 14.8. The van der Waals surface area contributed by atoms with Gasteiger partial charge in [-0.25, -0.2) is 4.98 Å². The summed E-state index contributed by atoms with van der Waals surface area (Å²) < 4.78 is 12.6. The van der Waals surface area contributed by atoms with Crippen molar-refractivity contribution >= 4 is 27.5 Å². The van der Waals surface area contributed by atoms with Crippen molar-refractivity contribution in [3.63, 3.8) is 0 Å². The number of hydrogen-bond acceptors (Lipinski definition) is 5. The molecule has 0 bridgehead atoms. The van der Waals surface area contributed by atoms with Crippen LogP contribution in [0.1, 0.15) is 43.5 Å². The van der Waals surface area contributed by atoms with E-state index in [1.54, 1.807) is 11.3 Å². The largest absolute Gasteiger partial charge is 0.490 e. The zero-order valence-electron chi connectivity index (χ0n) is 17.4. The first kappa shape index (κ1) is 20.7. The van der Waals surface area contributed by atoms with Crippen molar-refractivity contribution in [2.45, 2.75) is 38.5 Å². The lowest BCUT2D eigenvalue weighted by molar-refractivity contribution is -0.132. The van der Waals surface area contributed by atoms with Crippen molar-refractivity contribution in [2.24, 2.45) is 0 Å². The molecule has 1 aliphatic rings. The molecule has 2 aromatic carbocycles. The van der Waals surface area contributed by atoms with Gasteiger partial charge in [0.05, 0.1) is 28.4 Å². The molecule has 0 unspecified atom stereocenters. The van der Waals surface area contributed by atoms with E-state index in [4.69, 9.17) is 14.5 Å². The van der Waals surface area contributed by atoms with Crippen LogP contribution in [0.3, 0.4) is 0 Å². The Hall–Kier alpha value is -2.60. The van der Waals surface area contributed by atoms with E-state index in [0.717, 1.165) is 42.9 Å². The van der Waals surface area contributed by atoms with Gasteiger partial charge in [-0.3, -0.25) is 4.79 Å². The Morgan fingerprint density at radius 3 is 2.50 bits per heavy atom. The van der Waals surface area contributed by atoms with Gasteiger partial charge in [-0.1, -0.05) is 24.3 Å². The van der Waals surface area contributed by atoms with Crippen LogP contribution in [0.4, 0.5) is 0 Å². The van der Waals surface area contributed by atoms with Crippen LogP contribution in [0.15, 0.2) is 48.5 Å². The van der Waals surface area contributed by atoms with Gasteiger partial charge in [0.1, 0.15) is 0 Å². The van der Waals surface area contributed by atoms with Crippen molar-refractivity contribution in [3.8, 4) is 11.5 Å². The SMILES string of the molecule is CCOc1ccccc1OCCCC(=O)N1CCC(c2nc3ccccc3s2)CC1. The number of para-hydroxylation sites is 3. The Morgan fingerprint density at radius 2 is 1.77 bits per heavy atom. The first-order chi connectivity index (χ1) is 14.7.